The van der Waals surface area contributed by atoms with Crippen molar-refractivity contribution in [1.29, 1.82) is 0 Å². The van der Waals surface area contributed by atoms with Crippen molar-refractivity contribution in [3.63, 3.8) is 0 Å². The van der Waals surface area contributed by atoms with Gasteiger partial charge in [-0.1, -0.05) is 13.8 Å². The van der Waals surface area contributed by atoms with E-state index in [1.54, 1.807) is 0 Å². The average Bonchev–Trinajstić information content (AvgIpc) is 2.29. The molecule has 0 saturated carbocycles. The van der Waals surface area contributed by atoms with Gasteiger partial charge in [0, 0.05) is 38.2 Å². The van der Waals surface area contributed by atoms with Crippen LogP contribution in [-0.2, 0) is 0 Å². The molecule has 2 heterocycles. The molecule has 0 unspecified atom stereocenters. The molecule has 0 atom stereocenters. The van der Waals surface area contributed by atoms with E-state index in [1.807, 2.05) is 6.07 Å². The Kier molecular flexibility index (Phi) is 3.99. The van der Waals surface area contributed by atoms with Gasteiger partial charge in [0.1, 0.15) is 16.2 Å². The summed E-state index contributed by atoms with van der Waals surface area (Å²) in [5.41, 5.74) is 0. The van der Waals surface area contributed by atoms with E-state index in [0.717, 1.165) is 42.4 Å². The standard InChI is InChI=1S/C12H19BrN4/c1-9(2)12-14-10(13)8-11(15-12)17-6-4-16(3)5-7-17/h8-9H,4-7H2,1-3H3. The van der Waals surface area contributed by atoms with Crippen LogP contribution in [0.3, 0.4) is 0 Å². The van der Waals surface area contributed by atoms with E-state index in [9.17, 15) is 0 Å². The molecule has 1 aromatic rings. The molecule has 0 N–H and O–H groups in total. The lowest BCUT2D eigenvalue weighted by molar-refractivity contribution is 0.312. The fraction of sp³-hybridized carbons (Fsp3) is 0.667. The van der Waals surface area contributed by atoms with Crippen LogP contribution >= 0.6 is 15.9 Å². The van der Waals surface area contributed by atoms with Gasteiger partial charge < -0.3 is 9.80 Å². The first kappa shape index (κ1) is 12.8. The summed E-state index contributed by atoms with van der Waals surface area (Å²) < 4.78 is 0.880. The second kappa shape index (κ2) is 5.31. The molecule has 0 spiro atoms. The Balaban J connectivity index is 2.20. The molecule has 0 bridgehead atoms. The van der Waals surface area contributed by atoms with Crippen molar-refractivity contribution in [2.45, 2.75) is 19.8 Å². The number of nitrogens with zero attached hydrogens (tertiary/aromatic N) is 4. The Hall–Kier alpha value is -0.680. The molecule has 1 saturated heterocycles. The first-order chi connectivity index (χ1) is 8.06. The molecule has 1 aliphatic heterocycles. The highest BCUT2D eigenvalue weighted by Gasteiger charge is 2.17. The Morgan fingerprint density at radius 3 is 2.41 bits per heavy atom. The largest absolute Gasteiger partial charge is 0.354 e. The van der Waals surface area contributed by atoms with E-state index in [0.29, 0.717) is 5.92 Å². The van der Waals surface area contributed by atoms with Gasteiger partial charge in [-0.25, -0.2) is 9.97 Å². The highest BCUT2D eigenvalue weighted by atomic mass is 79.9. The Bertz CT molecular complexity index is 386. The topological polar surface area (TPSA) is 32.3 Å². The zero-order chi connectivity index (χ0) is 12.4. The summed E-state index contributed by atoms with van der Waals surface area (Å²) in [5.74, 6) is 2.32. The monoisotopic (exact) mass is 298 g/mol. The van der Waals surface area contributed by atoms with E-state index in [2.05, 4.69) is 56.6 Å². The number of aromatic nitrogens is 2. The lowest BCUT2D eigenvalue weighted by Crippen LogP contribution is -2.44. The van der Waals surface area contributed by atoms with Gasteiger partial charge >= 0.3 is 0 Å². The summed E-state index contributed by atoms with van der Waals surface area (Å²) in [7, 11) is 2.16. The lowest BCUT2D eigenvalue weighted by atomic mass is 10.2. The molecule has 0 radical (unpaired) electrons. The van der Waals surface area contributed by atoms with Crippen LogP contribution in [0.5, 0.6) is 0 Å². The summed E-state index contributed by atoms with van der Waals surface area (Å²) in [6, 6.07) is 2.01. The van der Waals surface area contributed by atoms with Gasteiger partial charge in [0.2, 0.25) is 0 Å². The SMILES string of the molecule is CC(C)c1nc(Br)cc(N2CCN(C)CC2)n1. The maximum atomic E-state index is 4.65. The number of rotatable bonds is 2. The fourth-order valence-corrected chi connectivity index (χ4v) is 2.27. The molecule has 4 nitrogen and oxygen atoms in total. The Morgan fingerprint density at radius 1 is 1.18 bits per heavy atom. The third kappa shape index (κ3) is 3.16. The van der Waals surface area contributed by atoms with Crippen molar-refractivity contribution in [1.82, 2.24) is 14.9 Å². The van der Waals surface area contributed by atoms with Gasteiger partial charge in [-0.15, -0.1) is 0 Å². The highest BCUT2D eigenvalue weighted by molar-refractivity contribution is 9.10. The van der Waals surface area contributed by atoms with Crippen LogP contribution in [0.1, 0.15) is 25.6 Å². The third-order valence-corrected chi connectivity index (χ3v) is 3.45. The van der Waals surface area contributed by atoms with E-state index in [4.69, 9.17) is 0 Å². The smallest absolute Gasteiger partial charge is 0.134 e. The second-order valence-corrected chi connectivity index (χ2v) is 5.66. The Labute approximate surface area is 111 Å². The predicted molar refractivity (Wildman–Crippen MR) is 73.5 cm³/mol. The van der Waals surface area contributed by atoms with Crippen molar-refractivity contribution in [3.8, 4) is 0 Å². The van der Waals surface area contributed by atoms with E-state index >= 15 is 0 Å². The van der Waals surface area contributed by atoms with Crippen molar-refractivity contribution in [3.05, 3.63) is 16.5 Å². The fourth-order valence-electron chi connectivity index (χ4n) is 1.88. The predicted octanol–water partition coefficient (Wildman–Crippen LogP) is 2.11. The van der Waals surface area contributed by atoms with Gasteiger partial charge in [0.15, 0.2) is 0 Å². The minimum Gasteiger partial charge on any atom is -0.354 e. The average molecular weight is 299 g/mol. The number of likely N-dealkylation sites (N-methyl/N-ethyl adjacent to an activating group) is 1. The van der Waals surface area contributed by atoms with Crippen LogP contribution < -0.4 is 4.90 Å². The first-order valence-electron chi connectivity index (χ1n) is 6.04. The normalized spacial score (nSPS) is 17.8. The summed E-state index contributed by atoms with van der Waals surface area (Å²) in [4.78, 5) is 13.7. The number of halogens is 1. The maximum Gasteiger partial charge on any atom is 0.134 e. The van der Waals surface area contributed by atoms with Crippen molar-refractivity contribution in [2.24, 2.45) is 0 Å². The molecule has 1 fully saturated rings. The van der Waals surface area contributed by atoms with Crippen LogP contribution in [-0.4, -0.2) is 48.1 Å². The third-order valence-electron chi connectivity index (χ3n) is 3.04. The minimum absolute atomic E-state index is 0.360. The quantitative estimate of drug-likeness (QED) is 0.783. The zero-order valence-corrected chi connectivity index (χ0v) is 12.2. The van der Waals surface area contributed by atoms with E-state index in [-0.39, 0.29) is 0 Å². The first-order valence-corrected chi connectivity index (χ1v) is 6.83. The van der Waals surface area contributed by atoms with Gasteiger partial charge in [0.25, 0.3) is 0 Å². The van der Waals surface area contributed by atoms with Gasteiger partial charge in [-0.3, -0.25) is 0 Å². The molecule has 0 aliphatic carbocycles. The zero-order valence-electron chi connectivity index (χ0n) is 10.6. The maximum absolute atomic E-state index is 4.65. The van der Waals surface area contributed by atoms with Crippen LogP contribution in [0.4, 0.5) is 5.82 Å². The molecule has 5 heteroatoms. The number of piperazine rings is 1. The molecule has 17 heavy (non-hydrogen) atoms. The molecular weight excluding hydrogens is 280 g/mol. The summed E-state index contributed by atoms with van der Waals surface area (Å²) in [6.45, 7) is 8.51. The van der Waals surface area contributed by atoms with Gasteiger partial charge in [-0.2, -0.15) is 0 Å². The molecule has 1 aliphatic rings. The highest BCUT2D eigenvalue weighted by Crippen LogP contribution is 2.21. The Morgan fingerprint density at radius 2 is 1.82 bits per heavy atom. The molecule has 2 rings (SSSR count). The van der Waals surface area contributed by atoms with Crippen LogP contribution in [0, 0.1) is 0 Å². The second-order valence-electron chi connectivity index (χ2n) is 4.85. The number of hydrogen-bond acceptors (Lipinski definition) is 4. The van der Waals surface area contributed by atoms with Crippen LogP contribution in [0.15, 0.2) is 10.7 Å². The van der Waals surface area contributed by atoms with E-state index < -0.39 is 0 Å². The molecular formula is C12H19BrN4. The molecule has 0 aromatic carbocycles. The van der Waals surface area contributed by atoms with Gasteiger partial charge in [0.05, 0.1) is 0 Å². The van der Waals surface area contributed by atoms with E-state index in [1.165, 1.54) is 0 Å². The van der Waals surface area contributed by atoms with Crippen molar-refractivity contribution in [2.75, 3.05) is 38.1 Å². The lowest BCUT2D eigenvalue weighted by Gasteiger charge is -2.33. The van der Waals surface area contributed by atoms with Crippen LogP contribution in [0.2, 0.25) is 0 Å². The summed E-state index contributed by atoms with van der Waals surface area (Å²) in [5, 5.41) is 0. The number of hydrogen-bond donors (Lipinski definition) is 0. The molecule has 0 amide bonds. The minimum atomic E-state index is 0.360. The number of anilines is 1. The summed E-state index contributed by atoms with van der Waals surface area (Å²) >= 11 is 3.47. The van der Waals surface area contributed by atoms with Crippen LogP contribution in [0.25, 0.3) is 0 Å². The molecule has 94 valence electrons. The molecule has 1 aromatic heterocycles. The van der Waals surface area contributed by atoms with Gasteiger partial charge in [-0.05, 0) is 23.0 Å². The van der Waals surface area contributed by atoms with Crippen molar-refractivity contribution >= 4 is 21.7 Å². The summed E-state index contributed by atoms with van der Waals surface area (Å²) in [6.07, 6.45) is 0. The van der Waals surface area contributed by atoms with Crippen molar-refractivity contribution < 1.29 is 0 Å².